The summed E-state index contributed by atoms with van der Waals surface area (Å²) in [5.41, 5.74) is 2.17. The molecule has 0 unspecified atom stereocenters. The molecule has 2 aromatic rings. The molecule has 0 bridgehead atoms. The number of esters is 1. The van der Waals surface area contributed by atoms with E-state index in [2.05, 4.69) is 15.3 Å². The van der Waals surface area contributed by atoms with E-state index in [1.54, 1.807) is 12.4 Å². The van der Waals surface area contributed by atoms with Gasteiger partial charge in [-0.1, -0.05) is 23.8 Å². The summed E-state index contributed by atoms with van der Waals surface area (Å²) >= 11 is 0. The van der Waals surface area contributed by atoms with Gasteiger partial charge in [0.2, 0.25) is 5.90 Å². The predicted molar refractivity (Wildman–Crippen MR) is 111 cm³/mol. The van der Waals surface area contributed by atoms with Crippen LogP contribution in [0.5, 0.6) is 0 Å². The molecule has 0 atom stereocenters. The summed E-state index contributed by atoms with van der Waals surface area (Å²) in [6, 6.07) is 13.2. The zero-order valence-electron chi connectivity index (χ0n) is 16.1. The molecule has 3 heterocycles. The molecule has 4 rings (SSSR count). The third-order valence-corrected chi connectivity index (χ3v) is 4.73. The van der Waals surface area contributed by atoms with E-state index in [1.165, 1.54) is 0 Å². The minimum atomic E-state index is -0.437. The zero-order chi connectivity index (χ0) is 20.2. The number of hydrogen-bond donors (Lipinski definition) is 2. The van der Waals surface area contributed by atoms with E-state index in [4.69, 9.17) is 10.1 Å². The molecule has 1 aromatic heterocycles. The Bertz CT molecular complexity index is 978. The number of pyridine rings is 1. The number of carbonyl (C=O) groups is 1. The van der Waals surface area contributed by atoms with Crippen LogP contribution >= 0.6 is 0 Å². The van der Waals surface area contributed by atoms with Crippen LogP contribution in [0.2, 0.25) is 0 Å². The number of benzene rings is 1. The normalized spacial score (nSPS) is 17.9. The molecular weight excluding hydrogens is 368 g/mol. The Morgan fingerprint density at radius 1 is 1.17 bits per heavy atom. The average molecular weight is 390 g/mol. The second kappa shape index (κ2) is 8.14. The van der Waals surface area contributed by atoms with Gasteiger partial charge in [-0.2, -0.15) is 0 Å². The molecule has 8 heteroatoms. The monoisotopic (exact) mass is 390 g/mol. The van der Waals surface area contributed by atoms with Crippen LogP contribution < -0.4 is 5.32 Å². The highest BCUT2D eigenvalue weighted by atomic mass is 16.6. The van der Waals surface area contributed by atoms with Gasteiger partial charge in [0.25, 0.3) is 0 Å². The fourth-order valence-electron chi connectivity index (χ4n) is 3.19. The van der Waals surface area contributed by atoms with Gasteiger partial charge in [-0.15, -0.1) is 0 Å². The first kappa shape index (κ1) is 18.7. The van der Waals surface area contributed by atoms with E-state index >= 15 is 0 Å². The summed E-state index contributed by atoms with van der Waals surface area (Å²) in [4.78, 5) is 24.7. The third kappa shape index (κ3) is 4.43. The van der Waals surface area contributed by atoms with Gasteiger partial charge in [-0.25, -0.2) is 14.8 Å². The first-order valence-corrected chi connectivity index (χ1v) is 9.44. The number of nitrogens with zero attached hydrogens (tertiary/aromatic N) is 4. The minimum absolute atomic E-state index is 0.302. The second-order valence-corrected chi connectivity index (χ2v) is 6.90. The molecule has 2 aliphatic rings. The maximum absolute atomic E-state index is 12.2. The molecule has 2 N–H and O–H groups in total. The van der Waals surface area contributed by atoms with Crippen molar-refractivity contribution in [3.63, 3.8) is 0 Å². The van der Waals surface area contributed by atoms with Gasteiger partial charge >= 0.3 is 5.97 Å². The molecule has 29 heavy (non-hydrogen) atoms. The second-order valence-electron chi connectivity index (χ2n) is 6.90. The van der Waals surface area contributed by atoms with Crippen molar-refractivity contribution >= 4 is 23.6 Å². The van der Waals surface area contributed by atoms with Crippen LogP contribution in [-0.2, 0) is 9.53 Å². The lowest BCUT2D eigenvalue weighted by molar-refractivity contribution is -0.130. The van der Waals surface area contributed by atoms with Gasteiger partial charge in [0.05, 0.1) is 0 Å². The van der Waals surface area contributed by atoms with Crippen LogP contribution in [0.4, 0.5) is 5.82 Å². The number of guanidine groups is 1. The summed E-state index contributed by atoms with van der Waals surface area (Å²) < 4.78 is 5.34. The number of rotatable bonds is 3. The lowest BCUT2D eigenvalue weighted by atomic mass is 10.1. The third-order valence-electron chi connectivity index (χ3n) is 4.73. The van der Waals surface area contributed by atoms with E-state index in [-0.39, 0.29) is 0 Å². The predicted octanol–water partition coefficient (Wildman–Crippen LogP) is 2.20. The van der Waals surface area contributed by atoms with Crippen LogP contribution in [0.1, 0.15) is 11.1 Å². The molecule has 0 amide bonds. The molecule has 0 aliphatic carbocycles. The standard InChI is InChI=1S/C21H22N6O2/c1-15-5-4-6-16(13-15)19-24-17(20(28)29-19)14-26-9-11-27(12-10-26)21(22)25-18-7-2-3-8-23-18/h2-8,13-14H,9-12H2,1H3,(H2,22,23,25)/b17-14+. The van der Waals surface area contributed by atoms with Crippen molar-refractivity contribution in [2.45, 2.75) is 6.92 Å². The Labute approximate surface area is 169 Å². The molecule has 0 spiro atoms. The maximum Gasteiger partial charge on any atom is 0.365 e. The number of aromatic nitrogens is 1. The van der Waals surface area contributed by atoms with Gasteiger partial charge in [-0.3, -0.25) is 5.41 Å². The van der Waals surface area contributed by atoms with Gasteiger partial charge in [0.1, 0.15) is 5.82 Å². The van der Waals surface area contributed by atoms with Crippen molar-refractivity contribution < 1.29 is 9.53 Å². The molecule has 8 nitrogen and oxygen atoms in total. The highest BCUT2D eigenvalue weighted by Crippen LogP contribution is 2.18. The Hall–Kier alpha value is -3.68. The number of carbonyl (C=O) groups excluding carboxylic acids is 1. The lowest BCUT2D eigenvalue weighted by Gasteiger charge is -2.35. The van der Waals surface area contributed by atoms with E-state index in [9.17, 15) is 4.79 Å². The average Bonchev–Trinajstić information content (AvgIpc) is 3.10. The molecule has 1 aromatic carbocycles. The Morgan fingerprint density at radius 2 is 2.00 bits per heavy atom. The van der Waals surface area contributed by atoms with Crippen LogP contribution in [-0.4, -0.2) is 58.8 Å². The first-order chi connectivity index (χ1) is 14.1. The number of anilines is 1. The zero-order valence-corrected chi connectivity index (χ0v) is 16.1. The quantitative estimate of drug-likeness (QED) is 0.361. The summed E-state index contributed by atoms with van der Waals surface area (Å²) in [5, 5.41) is 11.2. The Morgan fingerprint density at radius 3 is 2.72 bits per heavy atom. The number of aliphatic imine (C=N–C) groups is 1. The van der Waals surface area contributed by atoms with Crippen LogP contribution in [0.25, 0.3) is 0 Å². The number of piperazine rings is 1. The fourth-order valence-corrected chi connectivity index (χ4v) is 3.19. The van der Waals surface area contributed by atoms with Crippen LogP contribution in [0, 0.1) is 12.3 Å². The number of ether oxygens (including phenoxy) is 1. The van der Waals surface area contributed by atoms with E-state index in [0.717, 1.165) is 11.1 Å². The summed E-state index contributed by atoms with van der Waals surface area (Å²) in [7, 11) is 0. The fraction of sp³-hybridized carbons (Fsp3) is 0.238. The maximum atomic E-state index is 12.2. The summed E-state index contributed by atoms with van der Waals surface area (Å²) in [6.07, 6.45) is 3.43. The molecule has 148 valence electrons. The van der Waals surface area contributed by atoms with Crippen molar-refractivity contribution in [3.05, 3.63) is 71.7 Å². The van der Waals surface area contributed by atoms with Gasteiger partial charge in [0, 0.05) is 44.1 Å². The van der Waals surface area contributed by atoms with Crippen molar-refractivity contribution in [2.24, 2.45) is 4.99 Å². The molecular formula is C21H22N6O2. The molecule has 0 saturated carbocycles. The largest absolute Gasteiger partial charge is 0.402 e. The van der Waals surface area contributed by atoms with Gasteiger partial charge in [-0.05, 0) is 31.2 Å². The topological polar surface area (TPSA) is 93.9 Å². The molecule has 1 saturated heterocycles. The smallest absolute Gasteiger partial charge is 0.365 e. The van der Waals surface area contributed by atoms with Gasteiger partial charge < -0.3 is 19.9 Å². The van der Waals surface area contributed by atoms with E-state index in [1.807, 2.05) is 59.2 Å². The highest BCUT2D eigenvalue weighted by molar-refractivity contribution is 6.11. The van der Waals surface area contributed by atoms with Crippen LogP contribution in [0.3, 0.4) is 0 Å². The molecule has 1 fully saturated rings. The van der Waals surface area contributed by atoms with Crippen molar-refractivity contribution in [2.75, 3.05) is 31.5 Å². The summed E-state index contributed by atoms with van der Waals surface area (Å²) in [5.74, 6) is 0.864. The first-order valence-electron chi connectivity index (χ1n) is 9.44. The Balaban J connectivity index is 1.37. The number of cyclic esters (lactones) is 1. The SMILES string of the molecule is Cc1cccc(C2=N/C(=C/N3CCN(C(=N)Nc4ccccn4)CC3)C(=O)O2)c1. The number of nitrogens with one attached hydrogen (secondary N) is 2. The van der Waals surface area contributed by atoms with Crippen molar-refractivity contribution in [3.8, 4) is 0 Å². The highest BCUT2D eigenvalue weighted by Gasteiger charge is 2.26. The summed E-state index contributed by atoms with van der Waals surface area (Å²) in [6.45, 7) is 4.66. The van der Waals surface area contributed by atoms with Crippen molar-refractivity contribution in [1.29, 1.82) is 5.41 Å². The van der Waals surface area contributed by atoms with E-state index < -0.39 is 5.97 Å². The minimum Gasteiger partial charge on any atom is -0.402 e. The van der Waals surface area contributed by atoms with Crippen LogP contribution in [0.15, 0.2) is 65.6 Å². The lowest BCUT2D eigenvalue weighted by Crippen LogP contribution is -2.48. The van der Waals surface area contributed by atoms with Gasteiger partial charge in [0.15, 0.2) is 11.7 Å². The molecule has 0 radical (unpaired) electrons. The Kier molecular flexibility index (Phi) is 5.24. The number of hydrogen-bond acceptors (Lipinski definition) is 6. The van der Waals surface area contributed by atoms with E-state index in [0.29, 0.717) is 49.6 Å². The number of aryl methyl sites for hydroxylation is 1. The van der Waals surface area contributed by atoms with Crippen molar-refractivity contribution in [1.82, 2.24) is 14.8 Å². The molecule has 2 aliphatic heterocycles.